The highest BCUT2D eigenvalue weighted by molar-refractivity contribution is 5.84. The van der Waals surface area contributed by atoms with E-state index in [-0.39, 0.29) is 30.2 Å². The highest BCUT2D eigenvalue weighted by Crippen LogP contribution is 2.50. The van der Waals surface area contributed by atoms with Gasteiger partial charge in [0, 0.05) is 50.5 Å². The summed E-state index contributed by atoms with van der Waals surface area (Å²) in [6.07, 6.45) is 6.95. The molecule has 1 aliphatic carbocycles. The zero-order valence-electron chi connectivity index (χ0n) is 19.3. The molecule has 3 aliphatic heterocycles. The Morgan fingerprint density at radius 1 is 1.14 bits per heavy atom. The van der Waals surface area contributed by atoms with Gasteiger partial charge in [-0.15, -0.1) is 0 Å². The van der Waals surface area contributed by atoms with Gasteiger partial charge in [0.05, 0.1) is 17.8 Å². The van der Waals surface area contributed by atoms with Crippen LogP contribution in [-0.4, -0.2) is 76.4 Å². The Bertz CT molecular complexity index is 1120. The van der Waals surface area contributed by atoms with Crippen LogP contribution in [0, 0.1) is 11.7 Å². The lowest BCUT2D eigenvalue weighted by Gasteiger charge is -2.41. The van der Waals surface area contributed by atoms with Crippen LogP contribution in [0.5, 0.6) is 0 Å². The lowest BCUT2D eigenvalue weighted by molar-refractivity contribution is -0.137. The van der Waals surface area contributed by atoms with E-state index < -0.39 is 18.3 Å². The van der Waals surface area contributed by atoms with Crippen molar-refractivity contribution in [1.29, 1.82) is 0 Å². The van der Waals surface area contributed by atoms with Crippen LogP contribution >= 0.6 is 0 Å². The molecule has 2 aromatic heterocycles. The van der Waals surface area contributed by atoms with Gasteiger partial charge >= 0.3 is 0 Å². The van der Waals surface area contributed by atoms with Crippen LogP contribution in [0.1, 0.15) is 32.1 Å². The van der Waals surface area contributed by atoms with Gasteiger partial charge < -0.3 is 20.0 Å². The van der Waals surface area contributed by atoms with Crippen LogP contribution in [0.3, 0.4) is 0 Å². The number of carbonyl (C=O) groups excluding carboxylic acids is 1. The highest BCUT2D eigenvalue weighted by atomic mass is 19.2. The van der Waals surface area contributed by atoms with Crippen LogP contribution < -0.4 is 15.1 Å². The lowest BCUT2D eigenvalue weighted by atomic mass is 10.1. The summed E-state index contributed by atoms with van der Waals surface area (Å²) in [7, 11) is 0. The summed E-state index contributed by atoms with van der Waals surface area (Å²) in [6, 6.07) is 3.11. The second-order valence-corrected chi connectivity index (χ2v) is 10.0. The van der Waals surface area contributed by atoms with E-state index in [2.05, 4.69) is 25.2 Å². The quantitative estimate of drug-likeness (QED) is 0.671. The molecule has 1 N–H and O–H groups in total. The van der Waals surface area contributed by atoms with Crippen molar-refractivity contribution in [3.05, 3.63) is 30.3 Å². The summed E-state index contributed by atoms with van der Waals surface area (Å²) in [5.74, 6) is -0.0909. The lowest BCUT2D eigenvalue weighted by Crippen LogP contribution is -2.57. The Hall–Kier alpha value is -3.11. The first-order valence-electron chi connectivity index (χ1n) is 12.3. The van der Waals surface area contributed by atoms with Gasteiger partial charge in [-0.05, 0) is 38.2 Å². The molecule has 11 heteroatoms. The zero-order valence-corrected chi connectivity index (χ0v) is 19.3. The minimum absolute atomic E-state index is 0.0165. The highest BCUT2D eigenvalue weighted by Gasteiger charge is 2.62. The Kier molecular flexibility index (Phi) is 5.45. The zero-order chi connectivity index (χ0) is 24.2. The summed E-state index contributed by atoms with van der Waals surface area (Å²) < 4.78 is 41.7. The van der Waals surface area contributed by atoms with Gasteiger partial charge in [0.25, 0.3) is 0 Å². The molecule has 2 aromatic rings. The molecule has 186 valence electrons. The van der Waals surface area contributed by atoms with E-state index in [0.717, 1.165) is 38.8 Å². The predicted octanol–water partition coefficient (Wildman–Crippen LogP) is 3.23. The number of rotatable bonds is 6. The number of aromatic nitrogens is 3. The van der Waals surface area contributed by atoms with E-state index in [0.29, 0.717) is 36.4 Å². The summed E-state index contributed by atoms with van der Waals surface area (Å²) in [5, 5.41) is 3.03. The van der Waals surface area contributed by atoms with E-state index in [9.17, 15) is 18.0 Å². The predicted molar refractivity (Wildman–Crippen MR) is 125 cm³/mol. The topological polar surface area (TPSA) is 77.5 Å². The fraction of sp³-hybridized carbons (Fsp3) is 0.583. The van der Waals surface area contributed by atoms with Crippen LogP contribution in [-0.2, 0) is 4.79 Å². The maximum atomic E-state index is 14.6. The summed E-state index contributed by atoms with van der Waals surface area (Å²) in [5.41, 5.74) is -1.51. The fourth-order valence-electron chi connectivity index (χ4n) is 5.74. The average molecular weight is 488 g/mol. The van der Waals surface area contributed by atoms with E-state index in [4.69, 9.17) is 0 Å². The standard InChI is InChI=1S/C24H28F3N7O/c25-14-24(27)10-18(24)22(35)34-16-3-4-17(34)13-33(12-16)20-5-6-28-23(31-20)30-15-9-19(26)21(29-11-15)32-7-1-2-8-32/h5-6,9,11,16-18H,1-4,7-8,10,12-14H2,(H,28,30,31)/t16-,17+,18-,24?/m0/s1. The number of anilines is 4. The number of halogens is 3. The molecule has 4 atom stereocenters. The number of hydrogen-bond donors (Lipinski definition) is 1. The van der Waals surface area contributed by atoms with E-state index >= 15 is 0 Å². The number of nitrogens with one attached hydrogen (secondary N) is 1. The Morgan fingerprint density at radius 2 is 1.89 bits per heavy atom. The van der Waals surface area contributed by atoms with Gasteiger partial charge in [-0.25, -0.2) is 23.1 Å². The van der Waals surface area contributed by atoms with Crippen LogP contribution in [0.25, 0.3) is 0 Å². The van der Waals surface area contributed by atoms with Crippen LogP contribution in [0.4, 0.5) is 36.4 Å². The molecule has 1 unspecified atom stereocenters. The molecule has 6 rings (SSSR count). The Balaban J connectivity index is 1.13. The number of nitrogens with zero attached hydrogens (tertiary/aromatic N) is 6. The van der Waals surface area contributed by atoms with Crippen molar-refractivity contribution in [3.63, 3.8) is 0 Å². The van der Waals surface area contributed by atoms with Gasteiger partial charge in [-0.1, -0.05) is 0 Å². The number of alkyl halides is 2. The molecule has 0 spiro atoms. The summed E-state index contributed by atoms with van der Waals surface area (Å²) >= 11 is 0. The van der Waals surface area contributed by atoms with Gasteiger partial charge in [0.2, 0.25) is 11.9 Å². The van der Waals surface area contributed by atoms with Crippen molar-refractivity contribution < 1.29 is 18.0 Å². The minimum Gasteiger partial charge on any atom is -0.354 e. The van der Waals surface area contributed by atoms with Crippen LogP contribution in [0.2, 0.25) is 0 Å². The third-order valence-electron chi connectivity index (χ3n) is 7.71. The number of amides is 1. The molecule has 0 aromatic carbocycles. The normalized spacial score (nSPS) is 29.6. The third kappa shape index (κ3) is 4.04. The number of piperazine rings is 1. The third-order valence-corrected chi connectivity index (χ3v) is 7.71. The van der Waals surface area contributed by atoms with Gasteiger partial charge in [-0.2, -0.15) is 4.98 Å². The smallest absolute Gasteiger partial charge is 0.229 e. The van der Waals surface area contributed by atoms with E-state index in [1.54, 1.807) is 23.4 Å². The maximum Gasteiger partial charge on any atom is 0.229 e. The molecule has 0 radical (unpaired) electrons. The summed E-state index contributed by atoms with van der Waals surface area (Å²) in [4.78, 5) is 31.8. The van der Waals surface area contributed by atoms with E-state index in [1.165, 1.54) is 6.07 Å². The van der Waals surface area contributed by atoms with Gasteiger partial charge in [0.15, 0.2) is 17.3 Å². The molecular weight excluding hydrogens is 459 g/mol. The molecule has 8 nitrogen and oxygen atoms in total. The summed E-state index contributed by atoms with van der Waals surface area (Å²) in [6.45, 7) is 1.67. The largest absolute Gasteiger partial charge is 0.354 e. The van der Waals surface area contributed by atoms with Crippen molar-refractivity contribution in [2.45, 2.75) is 49.9 Å². The molecule has 3 saturated heterocycles. The average Bonchev–Trinajstić information content (AvgIpc) is 3.14. The van der Waals surface area contributed by atoms with Gasteiger partial charge in [0.1, 0.15) is 12.5 Å². The molecule has 4 aliphatic rings. The second kappa shape index (κ2) is 8.53. The number of pyridine rings is 1. The van der Waals surface area contributed by atoms with Crippen molar-refractivity contribution in [2.24, 2.45) is 5.92 Å². The maximum absolute atomic E-state index is 14.6. The SMILES string of the molecule is O=C([C@@H]1CC1(F)CF)N1[C@@H]2CC[C@H]1CN(c1ccnc(Nc3cnc(N4CCCC4)c(F)c3)n1)C2. The molecule has 5 heterocycles. The molecule has 1 saturated carbocycles. The number of fused-ring (bicyclic) bond motifs is 2. The number of carbonyl (C=O) groups is 1. The number of hydrogen-bond acceptors (Lipinski definition) is 7. The molecule has 4 fully saturated rings. The van der Waals surface area contributed by atoms with Crippen molar-refractivity contribution >= 4 is 29.2 Å². The minimum atomic E-state index is -1.97. The Labute approximate surface area is 201 Å². The second-order valence-electron chi connectivity index (χ2n) is 10.0. The van der Waals surface area contributed by atoms with Crippen molar-refractivity contribution in [3.8, 4) is 0 Å². The first-order valence-corrected chi connectivity index (χ1v) is 12.3. The van der Waals surface area contributed by atoms with Crippen LogP contribution in [0.15, 0.2) is 24.5 Å². The first-order chi connectivity index (χ1) is 16.9. The van der Waals surface area contributed by atoms with E-state index in [1.807, 2.05) is 4.90 Å². The first kappa shape index (κ1) is 22.4. The molecule has 35 heavy (non-hydrogen) atoms. The monoisotopic (exact) mass is 487 g/mol. The molecule has 1 amide bonds. The molecule has 2 bridgehead atoms. The Morgan fingerprint density at radius 3 is 2.54 bits per heavy atom. The van der Waals surface area contributed by atoms with Crippen molar-refractivity contribution in [1.82, 2.24) is 19.9 Å². The molecular formula is C24H28F3N7O. The fourth-order valence-corrected chi connectivity index (χ4v) is 5.74. The van der Waals surface area contributed by atoms with Crippen molar-refractivity contribution in [2.75, 3.05) is 48.0 Å². The van der Waals surface area contributed by atoms with Gasteiger partial charge in [-0.3, -0.25) is 4.79 Å².